The fourth-order valence-corrected chi connectivity index (χ4v) is 2.14. The van der Waals surface area contributed by atoms with Crippen LogP contribution in [0.4, 0.5) is 6.01 Å². The molecule has 7 heteroatoms. The summed E-state index contributed by atoms with van der Waals surface area (Å²) in [5, 5.41) is 12.3. The average molecular weight is 284 g/mol. The van der Waals surface area contributed by atoms with Crippen molar-refractivity contribution in [2.75, 3.05) is 24.5 Å². The van der Waals surface area contributed by atoms with E-state index >= 15 is 0 Å². The van der Waals surface area contributed by atoms with Gasteiger partial charge in [-0.25, -0.2) is 4.79 Å². The van der Waals surface area contributed by atoms with E-state index < -0.39 is 12.0 Å². The zero-order valence-electron chi connectivity index (χ0n) is 10.1. The molecule has 1 saturated heterocycles. The smallest absolute Gasteiger partial charge is 0.327 e. The van der Waals surface area contributed by atoms with Crippen molar-refractivity contribution in [3.05, 3.63) is 24.3 Å². The minimum absolute atomic E-state index is 0. The predicted molar refractivity (Wildman–Crippen MR) is 72.9 cm³/mol. The van der Waals surface area contributed by atoms with Crippen LogP contribution in [0.15, 0.2) is 28.7 Å². The third-order valence-corrected chi connectivity index (χ3v) is 3.06. The summed E-state index contributed by atoms with van der Waals surface area (Å²) in [5.74, 6) is -0.871. The molecule has 0 aliphatic carbocycles. The second-order valence-electron chi connectivity index (χ2n) is 4.22. The number of nitrogens with zero attached hydrogens (tertiary/aromatic N) is 2. The number of benzene rings is 1. The molecule has 1 aliphatic rings. The van der Waals surface area contributed by atoms with E-state index in [1.54, 1.807) is 4.90 Å². The number of fused-ring (bicyclic) bond motifs is 1. The standard InChI is InChI=1S/C12H13N3O3.ClH/c16-11(17)9-7-13-5-6-15(9)12-14-8-3-1-2-4-10(8)18-12;/h1-4,9,13H,5-7H2,(H,16,17);1H. The lowest BCUT2D eigenvalue weighted by Gasteiger charge is -2.31. The number of hydrogen-bond donors (Lipinski definition) is 2. The summed E-state index contributed by atoms with van der Waals surface area (Å²) < 4.78 is 5.61. The van der Waals surface area contributed by atoms with Crippen LogP contribution in [0.1, 0.15) is 0 Å². The van der Waals surface area contributed by atoms with Gasteiger partial charge in [0, 0.05) is 19.6 Å². The Morgan fingerprint density at radius 2 is 2.26 bits per heavy atom. The molecule has 0 radical (unpaired) electrons. The molecule has 1 aliphatic heterocycles. The Hall–Kier alpha value is -1.79. The van der Waals surface area contributed by atoms with Crippen molar-refractivity contribution in [2.24, 2.45) is 0 Å². The summed E-state index contributed by atoms with van der Waals surface area (Å²) in [6.07, 6.45) is 0. The number of hydrogen-bond acceptors (Lipinski definition) is 5. The Morgan fingerprint density at radius 3 is 3.00 bits per heavy atom. The van der Waals surface area contributed by atoms with Crippen LogP contribution in [-0.4, -0.2) is 41.7 Å². The minimum Gasteiger partial charge on any atom is -0.480 e. The molecule has 1 fully saturated rings. The molecule has 19 heavy (non-hydrogen) atoms. The number of carboxylic acid groups (broad SMARTS) is 1. The fourth-order valence-electron chi connectivity index (χ4n) is 2.14. The van der Waals surface area contributed by atoms with Gasteiger partial charge in [-0.2, -0.15) is 4.98 Å². The summed E-state index contributed by atoms with van der Waals surface area (Å²) in [4.78, 5) is 17.2. The van der Waals surface area contributed by atoms with E-state index in [0.29, 0.717) is 24.7 Å². The van der Waals surface area contributed by atoms with Gasteiger partial charge in [-0.05, 0) is 12.1 Å². The molecule has 0 spiro atoms. The number of carbonyl (C=O) groups is 1. The van der Waals surface area contributed by atoms with E-state index in [1.807, 2.05) is 24.3 Å². The molecule has 2 N–H and O–H groups in total. The third kappa shape index (κ3) is 2.50. The number of oxazole rings is 1. The second-order valence-corrected chi connectivity index (χ2v) is 4.22. The van der Waals surface area contributed by atoms with Gasteiger partial charge in [-0.1, -0.05) is 12.1 Å². The molecule has 0 amide bonds. The van der Waals surface area contributed by atoms with E-state index in [-0.39, 0.29) is 12.4 Å². The van der Waals surface area contributed by atoms with Crippen molar-refractivity contribution < 1.29 is 14.3 Å². The summed E-state index contributed by atoms with van der Waals surface area (Å²) >= 11 is 0. The van der Waals surface area contributed by atoms with E-state index in [2.05, 4.69) is 10.3 Å². The highest BCUT2D eigenvalue weighted by Crippen LogP contribution is 2.23. The molecule has 2 aromatic rings. The Bertz CT molecular complexity index is 553. The first-order valence-electron chi connectivity index (χ1n) is 5.81. The van der Waals surface area contributed by atoms with Gasteiger partial charge >= 0.3 is 5.97 Å². The minimum atomic E-state index is -0.871. The van der Waals surface area contributed by atoms with E-state index in [4.69, 9.17) is 4.42 Å². The summed E-state index contributed by atoms with van der Waals surface area (Å²) in [6, 6.07) is 7.16. The van der Waals surface area contributed by atoms with E-state index in [0.717, 1.165) is 12.1 Å². The zero-order chi connectivity index (χ0) is 12.5. The zero-order valence-corrected chi connectivity index (χ0v) is 10.9. The maximum atomic E-state index is 11.2. The van der Waals surface area contributed by atoms with Crippen LogP contribution >= 0.6 is 12.4 Å². The first kappa shape index (κ1) is 13.6. The normalized spacial score (nSPS) is 19.2. The lowest BCUT2D eigenvalue weighted by atomic mass is 10.2. The van der Waals surface area contributed by atoms with Crippen LogP contribution in [0.2, 0.25) is 0 Å². The van der Waals surface area contributed by atoms with Crippen molar-refractivity contribution >= 4 is 35.5 Å². The topological polar surface area (TPSA) is 78.6 Å². The molecule has 0 bridgehead atoms. The van der Waals surface area contributed by atoms with Crippen molar-refractivity contribution in [2.45, 2.75) is 6.04 Å². The number of nitrogens with one attached hydrogen (secondary N) is 1. The Labute approximate surface area is 115 Å². The third-order valence-electron chi connectivity index (χ3n) is 3.06. The SMILES string of the molecule is Cl.O=C(O)C1CNCCN1c1nc2ccccc2o1. The van der Waals surface area contributed by atoms with Crippen LogP contribution in [0.25, 0.3) is 11.1 Å². The van der Waals surface area contributed by atoms with E-state index in [9.17, 15) is 9.90 Å². The summed E-state index contributed by atoms with van der Waals surface area (Å²) in [6.45, 7) is 1.69. The molecule has 1 unspecified atom stereocenters. The first-order valence-corrected chi connectivity index (χ1v) is 5.81. The van der Waals surface area contributed by atoms with Gasteiger partial charge in [-0.15, -0.1) is 12.4 Å². The molecular weight excluding hydrogens is 270 g/mol. The molecule has 1 aromatic carbocycles. The molecule has 3 rings (SSSR count). The maximum absolute atomic E-state index is 11.2. The molecule has 2 heterocycles. The van der Waals surface area contributed by atoms with Crippen molar-refractivity contribution in [1.29, 1.82) is 0 Å². The van der Waals surface area contributed by atoms with Crippen LogP contribution in [0.3, 0.4) is 0 Å². The van der Waals surface area contributed by atoms with Crippen LogP contribution < -0.4 is 10.2 Å². The lowest BCUT2D eigenvalue weighted by molar-refractivity contribution is -0.138. The molecule has 102 valence electrons. The summed E-state index contributed by atoms with van der Waals surface area (Å²) in [5.41, 5.74) is 1.42. The highest BCUT2D eigenvalue weighted by atomic mass is 35.5. The highest BCUT2D eigenvalue weighted by Gasteiger charge is 2.31. The van der Waals surface area contributed by atoms with Crippen molar-refractivity contribution in [1.82, 2.24) is 10.3 Å². The number of rotatable bonds is 2. The quantitative estimate of drug-likeness (QED) is 0.860. The van der Waals surface area contributed by atoms with Crippen LogP contribution in [0, 0.1) is 0 Å². The summed E-state index contributed by atoms with van der Waals surface area (Å²) in [7, 11) is 0. The number of halogens is 1. The van der Waals surface area contributed by atoms with Crippen LogP contribution in [-0.2, 0) is 4.79 Å². The van der Waals surface area contributed by atoms with E-state index in [1.165, 1.54) is 0 Å². The molecule has 6 nitrogen and oxygen atoms in total. The van der Waals surface area contributed by atoms with Gasteiger partial charge in [0.2, 0.25) is 0 Å². The Balaban J connectivity index is 0.00000133. The Morgan fingerprint density at radius 1 is 1.47 bits per heavy atom. The number of aromatic nitrogens is 1. The van der Waals surface area contributed by atoms with Gasteiger partial charge in [0.15, 0.2) is 5.58 Å². The maximum Gasteiger partial charge on any atom is 0.327 e. The molecule has 1 aromatic heterocycles. The molecular formula is C12H14ClN3O3. The predicted octanol–water partition coefficient (Wildman–Crippen LogP) is 1.11. The van der Waals surface area contributed by atoms with Crippen LogP contribution in [0.5, 0.6) is 0 Å². The molecule has 1 atom stereocenters. The monoisotopic (exact) mass is 283 g/mol. The average Bonchev–Trinajstić information content (AvgIpc) is 2.82. The molecule has 0 saturated carbocycles. The first-order chi connectivity index (χ1) is 8.75. The lowest BCUT2D eigenvalue weighted by Crippen LogP contribution is -2.55. The number of para-hydroxylation sites is 2. The second kappa shape index (κ2) is 5.46. The number of aliphatic carboxylic acids is 1. The number of anilines is 1. The van der Waals surface area contributed by atoms with Crippen molar-refractivity contribution in [3.8, 4) is 0 Å². The largest absolute Gasteiger partial charge is 0.480 e. The van der Waals surface area contributed by atoms with Gasteiger partial charge in [0.1, 0.15) is 11.6 Å². The fraction of sp³-hybridized carbons (Fsp3) is 0.333. The Kier molecular flexibility index (Phi) is 3.92. The number of piperazine rings is 1. The van der Waals surface area contributed by atoms with Gasteiger partial charge in [0.05, 0.1) is 0 Å². The highest BCUT2D eigenvalue weighted by molar-refractivity contribution is 5.85. The van der Waals surface area contributed by atoms with Gasteiger partial charge < -0.3 is 19.7 Å². The van der Waals surface area contributed by atoms with Crippen molar-refractivity contribution in [3.63, 3.8) is 0 Å². The number of carboxylic acids is 1. The van der Waals surface area contributed by atoms with Gasteiger partial charge in [0.25, 0.3) is 6.01 Å². The van der Waals surface area contributed by atoms with Gasteiger partial charge in [-0.3, -0.25) is 0 Å².